The van der Waals surface area contributed by atoms with E-state index < -0.39 is 5.97 Å². The summed E-state index contributed by atoms with van der Waals surface area (Å²) in [6, 6.07) is 8.92. The molecule has 0 aliphatic carbocycles. The van der Waals surface area contributed by atoms with Crippen LogP contribution in [0.15, 0.2) is 34.9 Å². The Morgan fingerprint density at radius 2 is 2.14 bits per heavy atom. The van der Waals surface area contributed by atoms with Crippen molar-refractivity contribution in [2.75, 3.05) is 5.32 Å². The molecule has 7 heteroatoms. The van der Waals surface area contributed by atoms with Gasteiger partial charge in [0.1, 0.15) is 11.4 Å². The Bertz CT molecular complexity index is 813. The van der Waals surface area contributed by atoms with Crippen molar-refractivity contribution in [1.29, 1.82) is 0 Å². The zero-order valence-electron chi connectivity index (χ0n) is 11.2. The van der Waals surface area contributed by atoms with E-state index in [0.717, 1.165) is 5.39 Å². The number of rotatable bonds is 4. The zero-order valence-corrected chi connectivity index (χ0v) is 11.2. The van der Waals surface area contributed by atoms with Gasteiger partial charge in [-0.1, -0.05) is 23.4 Å². The van der Waals surface area contributed by atoms with Gasteiger partial charge in [0.15, 0.2) is 5.82 Å². The SMILES string of the molecule is Cc1nc(CNc2nc3ccccc3cc2C(=O)O)no1. The van der Waals surface area contributed by atoms with E-state index in [4.69, 9.17) is 4.52 Å². The second kappa shape index (κ2) is 5.20. The van der Waals surface area contributed by atoms with E-state index in [0.29, 0.717) is 17.2 Å². The first-order valence-corrected chi connectivity index (χ1v) is 6.29. The Balaban J connectivity index is 1.95. The summed E-state index contributed by atoms with van der Waals surface area (Å²) >= 11 is 0. The Labute approximate surface area is 119 Å². The highest BCUT2D eigenvalue weighted by Crippen LogP contribution is 2.20. The lowest BCUT2D eigenvalue weighted by Crippen LogP contribution is -2.09. The summed E-state index contributed by atoms with van der Waals surface area (Å²) in [5.74, 6) is 0.138. The lowest BCUT2D eigenvalue weighted by Gasteiger charge is -2.08. The number of carboxylic acid groups (broad SMARTS) is 1. The van der Waals surface area contributed by atoms with Crippen molar-refractivity contribution in [3.05, 3.63) is 47.6 Å². The van der Waals surface area contributed by atoms with Crippen LogP contribution in [0.3, 0.4) is 0 Å². The third-order valence-corrected chi connectivity index (χ3v) is 2.94. The monoisotopic (exact) mass is 284 g/mol. The Morgan fingerprint density at radius 1 is 1.33 bits per heavy atom. The fourth-order valence-corrected chi connectivity index (χ4v) is 1.99. The van der Waals surface area contributed by atoms with Gasteiger partial charge in [0.2, 0.25) is 5.89 Å². The van der Waals surface area contributed by atoms with Crippen molar-refractivity contribution in [2.24, 2.45) is 0 Å². The molecule has 2 aromatic heterocycles. The van der Waals surface area contributed by atoms with Crippen LogP contribution in [0.1, 0.15) is 22.1 Å². The molecule has 106 valence electrons. The molecule has 0 aliphatic rings. The number of hydrogen-bond donors (Lipinski definition) is 2. The Hall–Kier alpha value is -2.96. The third-order valence-electron chi connectivity index (χ3n) is 2.94. The lowest BCUT2D eigenvalue weighted by atomic mass is 10.1. The zero-order chi connectivity index (χ0) is 14.8. The molecule has 1 aromatic carbocycles. The normalized spacial score (nSPS) is 10.7. The van der Waals surface area contributed by atoms with E-state index in [1.54, 1.807) is 13.0 Å². The Morgan fingerprint density at radius 3 is 2.86 bits per heavy atom. The summed E-state index contributed by atoms with van der Waals surface area (Å²) in [6.45, 7) is 1.93. The lowest BCUT2D eigenvalue weighted by molar-refractivity contribution is 0.0697. The van der Waals surface area contributed by atoms with Crippen LogP contribution in [0, 0.1) is 6.92 Å². The van der Waals surface area contributed by atoms with Gasteiger partial charge in [-0.3, -0.25) is 0 Å². The van der Waals surface area contributed by atoms with Crippen LogP contribution in [0.4, 0.5) is 5.82 Å². The predicted molar refractivity (Wildman–Crippen MR) is 75.1 cm³/mol. The van der Waals surface area contributed by atoms with Gasteiger partial charge in [-0.25, -0.2) is 9.78 Å². The summed E-state index contributed by atoms with van der Waals surface area (Å²) in [5, 5.41) is 16.8. The molecule has 21 heavy (non-hydrogen) atoms. The molecule has 0 saturated heterocycles. The molecule has 0 saturated carbocycles. The quantitative estimate of drug-likeness (QED) is 0.757. The first-order chi connectivity index (χ1) is 10.1. The minimum atomic E-state index is -1.04. The molecule has 2 heterocycles. The number of carbonyl (C=O) groups is 1. The first kappa shape index (κ1) is 13.0. The molecule has 3 rings (SSSR count). The second-order valence-electron chi connectivity index (χ2n) is 4.47. The highest BCUT2D eigenvalue weighted by atomic mass is 16.5. The van der Waals surface area contributed by atoms with Crippen LogP contribution in [-0.2, 0) is 6.54 Å². The van der Waals surface area contributed by atoms with Gasteiger partial charge in [-0.05, 0) is 12.1 Å². The van der Waals surface area contributed by atoms with Crippen LogP contribution >= 0.6 is 0 Å². The summed E-state index contributed by atoms with van der Waals surface area (Å²) < 4.78 is 4.86. The predicted octanol–water partition coefficient (Wildman–Crippen LogP) is 2.24. The topological polar surface area (TPSA) is 101 Å². The van der Waals surface area contributed by atoms with Gasteiger partial charge in [-0.15, -0.1) is 0 Å². The summed E-state index contributed by atoms with van der Waals surface area (Å²) in [6.07, 6.45) is 0. The van der Waals surface area contributed by atoms with E-state index >= 15 is 0 Å². The van der Waals surface area contributed by atoms with Gasteiger partial charge >= 0.3 is 5.97 Å². The molecule has 0 radical (unpaired) electrons. The summed E-state index contributed by atoms with van der Waals surface area (Å²) in [5.41, 5.74) is 0.822. The van der Waals surface area contributed by atoms with E-state index in [-0.39, 0.29) is 17.9 Å². The van der Waals surface area contributed by atoms with Gasteiger partial charge in [0, 0.05) is 12.3 Å². The molecule has 3 aromatic rings. The molecule has 0 unspecified atom stereocenters. The van der Waals surface area contributed by atoms with Gasteiger partial charge in [-0.2, -0.15) is 4.98 Å². The van der Waals surface area contributed by atoms with Crippen LogP contribution in [0.2, 0.25) is 0 Å². The van der Waals surface area contributed by atoms with Gasteiger partial charge < -0.3 is 14.9 Å². The number of fused-ring (bicyclic) bond motifs is 1. The number of nitrogens with one attached hydrogen (secondary N) is 1. The average Bonchev–Trinajstić information content (AvgIpc) is 2.89. The van der Waals surface area contributed by atoms with E-state index in [1.165, 1.54) is 0 Å². The maximum absolute atomic E-state index is 11.4. The number of aromatic nitrogens is 3. The van der Waals surface area contributed by atoms with Crippen molar-refractivity contribution in [3.63, 3.8) is 0 Å². The number of para-hydroxylation sites is 1. The van der Waals surface area contributed by atoms with Crippen molar-refractivity contribution in [3.8, 4) is 0 Å². The summed E-state index contributed by atoms with van der Waals surface area (Å²) in [7, 11) is 0. The van der Waals surface area contributed by atoms with Crippen LogP contribution in [0.5, 0.6) is 0 Å². The Kier molecular flexibility index (Phi) is 3.23. The molecule has 7 nitrogen and oxygen atoms in total. The first-order valence-electron chi connectivity index (χ1n) is 6.29. The number of pyridine rings is 1. The number of carboxylic acids is 1. The van der Waals surface area contributed by atoms with Crippen molar-refractivity contribution in [2.45, 2.75) is 13.5 Å². The largest absolute Gasteiger partial charge is 0.478 e. The van der Waals surface area contributed by atoms with E-state index in [1.807, 2.05) is 24.3 Å². The smallest absolute Gasteiger partial charge is 0.339 e. The minimum absolute atomic E-state index is 0.105. The van der Waals surface area contributed by atoms with Crippen LogP contribution in [0.25, 0.3) is 10.9 Å². The number of nitrogens with zero attached hydrogens (tertiary/aromatic N) is 3. The van der Waals surface area contributed by atoms with Crippen molar-refractivity contribution in [1.82, 2.24) is 15.1 Å². The molecular weight excluding hydrogens is 272 g/mol. The van der Waals surface area contributed by atoms with Crippen LogP contribution < -0.4 is 5.32 Å². The van der Waals surface area contributed by atoms with Crippen LogP contribution in [-0.4, -0.2) is 26.2 Å². The molecule has 2 N–H and O–H groups in total. The number of hydrogen-bond acceptors (Lipinski definition) is 6. The number of anilines is 1. The maximum atomic E-state index is 11.4. The molecule has 0 amide bonds. The second-order valence-corrected chi connectivity index (χ2v) is 4.47. The van der Waals surface area contributed by atoms with Crippen molar-refractivity contribution >= 4 is 22.7 Å². The van der Waals surface area contributed by atoms with Gasteiger partial charge in [0.25, 0.3) is 0 Å². The molecular formula is C14H12N4O3. The third kappa shape index (κ3) is 2.66. The molecule has 0 aliphatic heterocycles. The van der Waals surface area contributed by atoms with E-state index in [9.17, 15) is 9.90 Å². The molecule has 0 atom stereocenters. The standard InChI is InChI=1S/C14H12N4O3/c1-8-16-12(18-21-8)7-15-13-10(14(19)20)6-9-4-2-3-5-11(9)17-13/h2-6H,7H2,1H3,(H,15,17)(H,19,20). The fourth-order valence-electron chi connectivity index (χ4n) is 1.99. The summed E-state index contributed by atoms with van der Waals surface area (Å²) in [4.78, 5) is 19.7. The molecule has 0 fully saturated rings. The number of aromatic carboxylic acids is 1. The molecule has 0 bridgehead atoms. The van der Waals surface area contributed by atoms with E-state index in [2.05, 4.69) is 20.4 Å². The maximum Gasteiger partial charge on any atom is 0.339 e. The highest BCUT2D eigenvalue weighted by Gasteiger charge is 2.14. The molecule has 0 spiro atoms. The van der Waals surface area contributed by atoms with Gasteiger partial charge in [0.05, 0.1) is 12.1 Å². The highest BCUT2D eigenvalue weighted by molar-refractivity contribution is 5.98. The van der Waals surface area contributed by atoms with Crippen molar-refractivity contribution < 1.29 is 14.4 Å². The fraction of sp³-hybridized carbons (Fsp3) is 0.143. The minimum Gasteiger partial charge on any atom is -0.478 e. The average molecular weight is 284 g/mol. The number of benzene rings is 1. The number of aryl methyl sites for hydroxylation is 1.